The summed E-state index contributed by atoms with van der Waals surface area (Å²) in [6, 6.07) is 9.64. The number of likely N-dealkylation sites (N-methyl/N-ethyl adjacent to an activating group) is 1. The third-order valence-corrected chi connectivity index (χ3v) is 5.62. The van der Waals surface area contributed by atoms with Crippen molar-refractivity contribution in [2.24, 2.45) is 0 Å². The lowest BCUT2D eigenvalue weighted by atomic mass is 9.89. The van der Waals surface area contributed by atoms with Crippen LogP contribution in [-0.2, 0) is 12.7 Å². The van der Waals surface area contributed by atoms with Crippen molar-refractivity contribution >= 4 is 11.6 Å². The minimum atomic E-state index is -4.51. The Hall–Kier alpha value is -2.96. The maximum Gasteiger partial charge on any atom is 0.416 e. The molecule has 0 saturated heterocycles. The van der Waals surface area contributed by atoms with Crippen LogP contribution in [0.2, 0.25) is 0 Å². The van der Waals surface area contributed by atoms with Crippen LogP contribution in [0.1, 0.15) is 53.4 Å². The van der Waals surface area contributed by atoms with Gasteiger partial charge in [-0.05, 0) is 57.0 Å². The molecule has 2 aromatic rings. The van der Waals surface area contributed by atoms with E-state index in [0.29, 0.717) is 41.4 Å². The number of benzene rings is 2. The van der Waals surface area contributed by atoms with Gasteiger partial charge >= 0.3 is 6.18 Å². The Bertz CT molecular complexity index is 1070. The van der Waals surface area contributed by atoms with Gasteiger partial charge in [0.2, 0.25) is 0 Å². The van der Waals surface area contributed by atoms with Gasteiger partial charge in [-0.2, -0.15) is 13.2 Å². The predicted octanol–water partition coefficient (Wildman–Crippen LogP) is 5.12. The minimum absolute atomic E-state index is 0.0460. The van der Waals surface area contributed by atoms with Crippen molar-refractivity contribution in [1.29, 1.82) is 0 Å². The highest BCUT2D eigenvalue weighted by molar-refractivity contribution is 6.04. The summed E-state index contributed by atoms with van der Waals surface area (Å²) in [7, 11) is 0. The number of hydrogen-bond acceptors (Lipinski definition) is 3. The van der Waals surface area contributed by atoms with Crippen LogP contribution >= 0.6 is 0 Å². The summed E-state index contributed by atoms with van der Waals surface area (Å²) in [5.41, 5.74) is 1.24. The maximum absolute atomic E-state index is 13.7. The predicted molar refractivity (Wildman–Crippen MR) is 108 cm³/mol. The van der Waals surface area contributed by atoms with Crippen LogP contribution in [-0.4, -0.2) is 23.0 Å². The lowest BCUT2D eigenvalue weighted by Gasteiger charge is -2.40. The van der Waals surface area contributed by atoms with Crippen LogP contribution in [0, 0.1) is 6.92 Å². The fraction of sp³-hybridized carbons (Fsp3) is 0.348. The highest BCUT2D eigenvalue weighted by Gasteiger charge is 2.44. The van der Waals surface area contributed by atoms with Crippen LogP contribution in [0.25, 0.3) is 5.70 Å². The van der Waals surface area contributed by atoms with Crippen LogP contribution in [0.15, 0.2) is 42.1 Å². The van der Waals surface area contributed by atoms with Gasteiger partial charge in [0.1, 0.15) is 11.4 Å². The smallest absolute Gasteiger partial charge is 0.416 e. The second-order valence-corrected chi connectivity index (χ2v) is 8.02. The molecule has 7 heteroatoms. The third kappa shape index (κ3) is 3.04. The molecule has 30 heavy (non-hydrogen) atoms. The minimum Gasteiger partial charge on any atom is -0.481 e. The zero-order chi connectivity index (χ0) is 21.8. The van der Waals surface area contributed by atoms with Crippen molar-refractivity contribution in [2.45, 2.75) is 46.0 Å². The number of halogens is 3. The fourth-order valence-electron chi connectivity index (χ4n) is 4.29. The van der Waals surface area contributed by atoms with E-state index in [1.807, 2.05) is 32.9 Å². The number of carbonyl (C=O) groups is 1. The second kappa shape index (κ2) is 6.79. The van der Waals surface area contributed by atoms with E-state index in [0.717, 1.165) is 11.6 Å². The molecule has 0 saturated carbocycles. The lowest BCUT2D eigenvalue weighted by Crippen LogP contribution is -2.44. The van der Waals surface area contributed by atoms with Gasteiger partial charge in [-0.15, -0.1) is 0 Å². The first-order valence-corrected chi connectivity index (χ1v) is 9.85. The lowest BCUT2D eigenvalue weighted by molar-refractivity contribution is -0.138. The van der Waals surface area contributed by atoms with Crippen molar-refractivity contribution < 1.29 is 22.7 Å². The summed E-state index contributed by atoms with van der Waals surface area (Å²) < 4.78 is 47.1. The highest BCUT2D eigenvalue weighted by atomic mass is 19.4. The van der Waals surface area contributed by atoms with E-state index >= 15 is 0 Å². The Morgan fingerprint density at radius 2 is 1.87 bits per heavy atom. The molecule has 2 heterocycles. The SMILES string of the molecule is CCNC1=C(N2Cc3ccccc3C2=O)c2c(ccc(C(F)(F)F)c2C)OC1(C)C. The first kappa shape index (κ1) is 20.3. The quantitative estimate of drug-likeness (QED) is 0.755. The molecule has 0 aliphatic carbocycles. The van der Waals surface area contributed by atoms with Crippen molar-refractivity contribution in [1.82, 2.24) is 10.2 Å². The molecule has 0 bridgehead atoms. The number of fused-ring (bicyclic) bond motifs is 2. The molecule has 2 aliphatic rings. The monoisotopic (exact) mass is 416 g/mol. The summed E-state index contributed by atoms with van der Waals surface area (Å²) in [6.45, 7) is 7.85. The molecule has 4 rings (SSSR count). The summed E-state index contributed by atoms with van der Waals surface area (Å²) in [6.07, 6.45) is -4.51. The molecule has 2 aromatic carbocycles. The van der Waals surface area contributed by atoms with E-state index in [9.17, 15) is 18.0 Å². The zero-order valence-electron chi connectivity index (χ0n) is 17.3. The molecule has 1 N–H and O–H groups in total. The highest BCUT2D eigenvalue weighted by Crippen LogP contribution is 2.47. The summed E-state index contributed by atoms with van der Waals surface area (Å²) in [4.78, 5) is 14.8. The number of hydrogen-bond donors (Lipinski definition) is 1. The molecule has 0 spiro atoms. The molecular weight excluding hydrogens is 393 g/mol. The van der Waals surface area contributed by atoms with Gasteiger partial charge < -0.3 is 15.0 Å². The van der Waals surface area contributed by atoms with E-state index in [4.69, 9.17) is 4.74 Å². The molecule has 158 valence electrons. The standard InChI is InChI=1S/C23H23F3N2O2/c1-5-27-20-19(28-12-14-8-6-7-9-15(14)21(28)29)18-13(2)16(23(24,25)26)10-11-17(18)30-22(20,3)4/h6-11,27H,5,12H2,1-4H3. The Kier molecular flexibility index (Phi) is 4.60. The van der Waals surface area contributed by atoms with Crippen molar-refractivity contribution in [3.05, 3.63) is 69.9 Å². The Labute approximate surface area is 173 Å². The largest absolute Gasteiger partial charge is 0.481 e. The van der Waals surface area contributed by atoms with E-state index in [1.165, 1.54) is 13.0 Å². The molecular formula is C23H23F3N2O2. The first-order chi connectivity index (χ1) is 14.1. The number of carbonyl (C=O) groups excluding carboxylic acids is 1. The van der Waals surface area contributed by atoms with Crippen LogP contribution in [0.3, 0.4) is 0 Å². The Morgan fingerprint density at radius 1 is 1.17 bits per heavy atom. The Morgan fingerprint density at radius 3 is 2.50 bits per heavy atom. The van der Waals surface area contributed by atoms with Gasteiger partial charge in [-0.1, -0.05) is 18.2 Å². The zero-order valence-corrected chi connectivity index (χ0v) is 17.3. The van der Waals surface area contributed by atoms with E-state index in [-0.39, 0.29) is 11.5 Å². The van der Waals surface area contributed by atoms with Gasteiger partial charge in [0.15, 0.2) is 0 Å². The molecule has 0 atom stereocenters. The van der Waals surface area contributed by atoms with Gasteiger partial charge in [0.05, 0.1) is 23.5 Å². The first-order valence-electron chi connectivity index (χ1n) is 9.85. The van der Waals surface area contributed by atoms with E-state index < -0.39 is 17.3 Å². The third-order valence-electron chi connectivity index (χ3n) is 5.62. The number of ether oxygens (including phenoxy) is 1. The maximum atomic E-state index is 13.7. The van der Waals surface area contributed by atoms with E-state index in [1.54, 1.807) is 17.0 Å². The molecule has 1 amide bonds. The van der Waals surface area contributed by atoms with Crippen molar-refractivity contribution in [2.75, 3.05) is 6.54 Å². The number of nitrogens with one attached hydrogen (secondary N) is 1. The summed E-state index contributed by atoms with van der Waals surface area (Å²) >= 11 is 0. The number of rotatable bonds is 3. The molecule has 0 radical (unpaired) electrons. The molecule has 4 nitrogen and oxygen atoms in total. The van der Waals surface area contributed by atoms with Crippen molar-refractivity contribution in [3.8, 4) is 5.75 Å². The van der Waals surface area contributed by atoms with Gasteiger partial charge in [0, 0.05) is 17.7 Å². The van der Waals surface area contributed by atoms with Crippen LogP contribution in [0.5, 0.6) is 5.75 Å². The molecule has 0 unspecified atom stereocenters. The number of amides is 1. The van der Waals surface area contributed by atoms with Crippen LogP contribution < -0.4 is 10.1 Å². The van der Waals surface area contributed by atoms with Gasteiger partial charge in [0.25, 0.3) is 5.91 Å². The average Bonchev–Trinajstić information content (AvgIpc) is 2.98. The van der Waals surface area contributed by atoms with Crippen LogP contribution in [0.4, 0.5) is 13.2 Å². The number of nitrogens with zero attached hydrogens (tertiary/aromatic N) is 1. The molecule has 0 fully saturated rings. The van der Waals surface area contributed by atoms with Gasteiger partial charge in [-0.3, -0.25) is 4.79 Å². The molecule has 2 aliphatic heterocycles. The summed E-state index contributed by atoms with van der Waals surface area (Å²) in [5.74, 6) is 0.113. The molecule has 0 aromatic heterocycles. The van der Waals surface area contributed by atoms with E-state index in [2.05, 4.69) is 5.32 Å². The summed E-state index contributed by atoms with van der Waals surface area (Å²) in [5, 5.41) is 3.25. The normalized spacial score (nSPS) is 17.6. The second-order valence-electron chi connectivity index (χ2n) is 8.02. The number of alkyl halides is 3. The Balaban J connectivity index is 2.00. The van der Waals surface area contributed by atoms with Gasteiger partial charge in [-0.25, -0.2) is 0 Å². The fourth-order valence-corrected chi connectivity index (χ4v) is 4.29. The average molecular weight is 416 g/mol. The topological polar surface area (TPSA) is 41.6 Å². The van der Waals surface area contributed by atoms with Crippen molar-refractivity contribution in [3.63, 3.8) is 0 Å².